The monoisotopic (exact) mass is 385 g/mol. The molecule has 0 fully saturated rings. The van der Waals surface area contributed by atoms with Gasteiger partial charge in [-0.15, -0.1) is 0 Å². The molecule has 1 aliphatic rings. The van der Waals surface area contributed by atoms with Gasteiger partial charge in [-0.05, 0) is 28.8 Å². The van der Waals surface area contributed by atoms with Gasteiger partial charge >= 0.3 is 0 Å². The zero-order valence-corrected chi connectivity index (χ0v) is 15.9. The molecule has 0 saturated carbocycles. The van der Waals surface area contributed by atoms with Crippen molar-refractivity contribution in [3.63, 3.8) is 0 Å². The second-order valence-corrected chi connectivity index (χ2v) is 7.36. The van der Waals surface area contributed by atoms with Crippen molar-refractivity contribution in [1.29, 1.82) is 0 Å². The van der Waals surface area contributed by atoms with E-state index in [1.165, 1.54) is 11.6 Å². The van der Waals surface area contributed by atoms with E-state index in [9.17, 15) is 9.59 Å². The molecule has 0 N–H and O–H groups in total. The van der Waals surface area contributed by atoms with Gasteiger partial charge in [0.1, 0.15) is 5.58 Å². The number of benzene rings is 2. The van der Waals surface area contributed by atoms with Gasteiger partial charge in [-0.25, -0.2) is 0 Å². The summed E-state index contributed by atoms with van der Waals surface area (Å²) in [6.07, 6.45) is 3.82. The molecule has 2 aromatic heterocycles. The minimum Gasteiger partial charge on any atom is -0.451 e. The van der Waals surface area contributed by atoms with Crippen LogP contribution in [0.15, 0.2) is 76.2 Å². The minimum atomic E-state index is -0.281. The number of carbonyl (C=O) groups is 1. The maximum Gasteiger partial charge on any atom is 0.290 e. The molecule has 1 atom stereocenters. The summed E-state index contributed by atoms with van der Waals surface area (Å²) in [5, 5.41) is 4.77. The van der Waals surface area contributed by atoms with Crippen LogP contribution in [0.1, 0.15) is 33.2 Å². The third-order valence-electron chi connectivity index (χ3n) is 5.45. The van der Waals surface area contributed by atoms with Crippen LogP contribution in [0.5, 0.6) is 0 Å². The van der Waals surface area contributed by atoms with E-state index in [1.807, 2.05) is 37.6 Å². The first-order chi connectivity index (χ1) is 14.1. The quantitative estimate of drug-likeness (QED) is 0.531. The first kappa shape index (κ1) is 17.4. The van der Waals surface area contributed by atoms with E-state index in [2.05, 4.69) is 11.2 Å². The topological polar surface area (TPSA) is 68.3 Å². The summed E-state index contributed by atoms with van der Waals surface area (Å²) in [5.41, 5.74) is 3.55. The second kappa shape index (κ2) is 6.74. The molecule has 1 unspecified atom stereocenters. The number of hydrogen-bond donors (Lipinski definition) is 0. The maximum absolute atomic E-state index is 13.3. The Morgan fingerprint density at radius 3 is 2.76 bits per heavy atom. The molecule has 2 aromatic carbocycles. The van der Waals surface area contributed by atoms with E-state index >= 15 is 0 Å². The van der Waals surface area contributed by atoms with Crippen molar-refractivity contribution >= 4 is 16.9 Å². The molecule has 1 aliphatic heterocycles. The summed E-state index contributed by atoms with van der Waals surface area (Å²) < 4.78 is 7.55. The first-order valence-corrected chi connectivity index (χ1v) is 9.48. The molecule has 3 heterocycles. The molecular formula is C23H19N3O3. The van der Waals surface area contributed by atoms with E-state index in [4.69, 9.17) is 4.42 Å². The molecule has 4 aromatic rings. The Bertz CT molecular complexity index is 1290. The van der Waals surface area contributed by atoms with E-state index in [-0.39, 0.29) is 23.0 Å². The average Bonchev–Trinajstić information content (AvgIpc) is 3.18. The van der Waals surface area contributed by atoms with Crippen LogP contribution in [0.3, 0.4) is 0 Å². The highest BCUT2D eigenvalue weighted by Gasteiger charge is 2.31. The van der Waals surface area contributed by atoms with Crippen LogP contribution in [-0.2, 0) is 13.6 Å². The number of nitrogens with zero attached hydrogens (tertiary/aromatic N) is 3. The second-order valence-electron chi connectivity index (χ2n) is 7.36. The van der Waals surface area contributed by atoms with Gasteiger partial charge in [0.2, 0.25) is 0 Å². The Hall–Kier alpha value is -3.67. The lowest BCUT2D eigenvalue weighted by Gasteiger charge is -2.34. The molecule has 29 heavy (non-hydrogen) atoms. The van der Waals surface area contributed by atoms with Crippen LogP contribution in [0, 0.1) is 0 Å². The number of rotatable bonds is 2. The van der Waals surface area contributed by atoms with Crippen molar-refractivity contribution in [1.82, 2.24) is 14.7 Å². The molecule has 6 heteroatoms. The van der Waals surface area contributed by atoms with Crippen molar-refractivity contribution in [3.05, 3.63) is 99.7 Å². The summed E-state index contributed by atoms with van der Waals surface area (Å²) in [7, 11) is 1.88. The van der Waals surface area contributed by atoms with Crippen molar-refractivity contribution < 1.29 is 9.21 Å². The predicted molar refractivity (Wildman–Crippen MR) is 109 cm³/mol. The van der Waals surface area contributed by atoms with Gasteiger partial charge in [0.05, 0.1) is 11.6 Å². The highest BCUT2D eigenvalue weighted by Crippen LogP contribution is 2.34. The molecular weight excluding hydrogens is 366 g/mol. The number of fused-ring (bicyclic) bond motifs is 2. The van der Waals surface area contributed by atoms with Crippen molar-refractivity contribution in [3.8, 4) is 0 Å². The smallest absolute Gasteiger partial charge is 0.290 e. The number of carbonyl (C=O) groups excluding carboxylic acids is 1. The Morgan fingerprint density at radius 1 is 1.14 bits per heavy atom. The fourth-order valence-corrected chi connectivity index (χ4v) is 4.03. The molecule has 144 valence electrons. The van der Waals surface area contributed by atoms with E-state index in [0.717, 1.165) is 11.1 Å². The van der Waals surface area contributed by atoms with Crippen LogP contribution in [0.25, 0.3) is 11.0 Å². The van der Waals surface area contributed by atoms with Gasteiger partial charge in [-0.2, -0.15) is 5.10 Å². The van der Waals surface area contributed by atoms with Gasteiger partial charge in [0.15, 0.2) is 11.2 Å². The van der Waals surface area contributed by atoms with Gasteiger partial charge < -0.3 is 9.32 Å². The third-order valence-corrected chi connectivity index (χ3v) is 5.45. The van der Waals surface area contributed by atoms with Crippen molar-refractivity contribution in [2.75, 3.05) is 6.54 Å². The molecule has 0 saturated heterocycles. The number of amides is 1. The SMILES string of the molecule is Cn1cc(C2CN(C(=O)c3cc(=O)c4ccccc4o3)Cc3ccccc32)cn1. The molecule has 5 rings (SSSR count). The zero-order chi connectivity index (χ0) is 20.0. The molecule has 1 amide bonds. The van der Waals surface area contributed by atoms with E-state index in [1.54, 1.807) is 33.8 Å². The Morgan fingerprint density at radius 2 is 1.93 bits per heavy atom. The first-order valence-electron chi connectivity index (χ1n) is 9.48. The summed E-state index contributed by atoms with van der Waals surface area (Å²) in [6, 6.07) is 16.4. The summed E-state index contributed by atoms with van der Waals surface area (Å²) in [4.78, 5) is 27.4. The minimum absolute atomic E-state index is 0.0183. The number of aryl methyl sites for hydroxylation is 1. The fraction of sp³-hybridized carbons (Fsp3) is 0.174. The van der Waals surface area contributed by atoms with Gasteiger partial charge in [-0.3, -0.25) is 14.3 Å². The van der Waals surface area contributed by atoms with Crippen molar-refractivity contribution in [2.24, 2.45) is 7.05 Å². The fourth-order valence-electron chi connectivity index (χ4n) is 4.03. The predicted octanol–water partition coefficient (Wildman–Crippen LogP) is 3.31. The standard InChI is InChI=1S/C23H19N3O3/c1-25-12-16(11-24-25)19-14-26(13-15-6-2-3-7-17(15)19)23(28)22-10-20(27)18-8-4-5-9-21(18)29-22/h2-12,19H,13-14H2,1H3. The summed E-state index contributed by atoms with van der Waals surface area (Å²) in [6.45, 7) is 0.973. The maximum atomic E-state index is 13.3. The lowest BCUT2D eigenvalue weighted by Crippen LogP contribution is -2.38. The number of para-hydroxylation sites is 1. The normalized spacial score (nSPS) is 16.0. The van der Waals surface area contributed by atoms with E-state index in [0.29, 0.717) is 24.1 Å². The van der Waals surface area contributed by atoms with Gasteiger partial charge in [0.25, 0.3) is 5.91 Å². The average molecular weight is 385 g/mol. The largest absolute Gasteiger partial charge is 0.451 e. The Kier molecular flexibility index (Phi) is 4.05. The molecule has 0 spiro atoms. The number of hydrogen-bond acceptors (Lipinski definition) is 4. The summed E-state index contributed by atoms with van der Waals surface area (Å²) in [5.74, 6) is -0.195. The Labute approximate surface area is 167 Å². The van der Waals surface area contributed by atoms with Crippen LogP contribution in [0.4, 0.5) is 0 Å². The lowest BCUT2D eigenvalue weighted by atomic mass is 9.86. The molecule has 0 aliphatic carbocycles. The summed E-state index contributed by atoms with van der Waals surface area (Å²) >= 11 is 0. The lowest BCUT2D eigenvalue weighted by molar-refractivity contribution is 0.0693. The van der Waals surface area contributed by atoms with Crippen LogP contribution in [-0.4, -0.2) is 27.1 Å². The van der Waals surface area contributed by atoms with Gasteiger partial charge in [0, 0.05) is 38.3 Å². The van der Waals surface area contributed by atoms with Crippen LogP contribution in [0.2, 0.25) is 0 Å². The highest BCUT2D eigenvalue weighted by molar-refractivity contribution is 5.93. The number of aromatic nitrogens is 2. The van der Waals surface area contributed by atoms with Crippen LogP contribution < -0.4 is 5.43 Å². The molecule has 6 nitrogen and oxygen atoms in total. The molecule has 0 radical (unpaired) electrons. The molecule has 0 bridgehead atoms. The highest BCUT2D eigenvalue weighted by atomic mass is 16.3. The van der Waals surface area contributed by atoms with Crippen LogP contribution >= 0.6 is 0 Å². The zero-order valence-electron chi connectivity index (χ0n) is 15.9. The van der Waals surface area contributed by atoms with E-state index < -0.39 is 0 Å². The Balaban J connectivity index is 1.55. The third kappa shape index (κ3) is 3.02. The van der Waals surface area contributed by atoms with Crippen molar-refractivity contribution in [2.45, 2.75) is 12.5 Å². The van der Waals surface area contributed by atoms with Gasteiger partial charge in [-0.1, -0.05) is 36.4 Å².